The summed E-state index contributed by atoms with van der Waals surface area (Å²) in [4.78, 5) is 2.45. The van der Waals surface area contributed by atoms with Crippen LogP contribution in [-0.2, 0) is 6.54 Å². The summed E-state index contributed by atoms with van der Waals surface area (Å²) in [6.07, 6.45) is 6.63. The van der Waals surface area contributed by atoms with Crippen molar-refractivity contribution in [3.63, 3.8) is 0 Å². The van der Waals surface area contributed by atoms with Crippen LogP contribution in [0.2, 0.25) is 0 Å². The van der Waals surface area contributed by atoms with Gasteiger partial charge in [0.1, 0.15) is 0 Å². The van der Waals surface area contributed by atoms with Crippen LogP contribution < -0.4 is 0 Å². The van der Waals surface area contributed by atoms with E-state index in [0.29, 0.717) is 18.6 Å². The molecule has 108 valence electrons. The summed E-state index contributed by atoms with van der Waals surface area (Å²) < 4.78 is 2.12. The lowest BCUT2D eigenvalue weighted by Gasteiger charge is -2.30. The molecule has 1 fully saturated rings. The van der Waals surface area contributed by atoms with Gasteiger partial charge in [-0.15, -0.1) is 0 Å². The van der Waals surface area contributed by atoms with E-state index in [9.17, 15) is 0 Å². The lowest BCUT2D eigenvalue weighted by molar-refractivity contribution is 0.126. The molecule has 0 radical (unpaired) electrons. The first-order chi connectivity index (χ1) is 9.26. The predicted octanol–water partition coefficient (Wildman–Crippen LogP) is 2.45. The molecule has 0 spiro atoms. The average molecular weight is 265 g/mol. The Morgan fingerprint density at radius 3 is 2.58 bits per heavy atom. The van der Waals surface area contributed by atoms with Gasteiger partial charge in [-0.3, -0.25) is 9.58 Å². The highest BCUT2D eigenvalue weighted by molar-refractivity contribution is 5.00. The summed E-state index contributed by atoms with van der Waals surface area (Å²) in [5.41, 5.74) is 1.18. The zero-order chi connectivity index (χ0) is 13.7. The summed E-state index contributed by atoms with van der Waals surface area (Å²) >= 11 is 0. The van der Waals surface area contributed by atoms with E-state index in [1.807, 2.05) is 0 Å². The molecule has 0 atom stereocenters. The minimum absolute atomic E-state index is 0.344. The molecule has 4 nitrogen and oxygen atoms in total. The Balaban J connectivity index is 1.86. The van der Waals surface area contributed by atoms with Crippen LogP contribution in [0.1, 0.15) is 51.3 Å². The summed E-state index contributed by atoms with van der Waals surface area (Å²) in [5, 5.41) is 13.9. The second-order valence-corrected chi connectivity index (χ2v) is 5.66. The van der Waals surface area contributed by atoms with E-state index in [-0.39, 0.29) is 0 Å². The predicted molar refractivity (Wildman–Crippen MR) is 76.9 cm³/mol. The van der Waals surface area contributed by atoms with Crippen molar-refractivity contribution in [3.05, 3.63) is 18.0 Å². The fraction of sp³-hybridized carbons (Fsp3) is 0.800. The smallest absolute Gasteiger partial charge is 0.0764 e. The highest BCUT2D eigenvalue weighted by atomic mass is 16.3. The Bertz CT molecular complexity index is 365. The van der Waals surface area contributed by atoms with Gasteiger partial charge in [-0.1, -0.05) is 13.8 Å². The third kappa shape index (κ3) is 3.80. The van der Waals surface area contributed by atoms with E-state index < -0.39 is 0 Å². The first-order valence-corrected chi connectivity index (χ1v) is 7.64. The standard InChI is InChI=1S/C15H27N3O/c1-3-15(4-2)18-10-7-14(16-18)11-17-8-5-13(12-19)6-9-17/h7,10,13,15,19H,3-6,8-9,11-12H2,1-2H3. The molecule has 0 aromatic carbocycles. The molecule has 2 rings (SSSR count). The Morgan fingerprint density at radius 2 is 2.00 bits per heavy atom. The maximum atomic E-state index is 9.15. The zero-order valence-corrected chi connectivity index (χ0v) is 12.3. The molecular formula is C15H27N3O. The largest absolute Gasteiger partial charge is 0.396 e. The molecule has 1 aliphatic heterocycles. The normalized spacial score (nSPS) is 18.3. The topological polar surface area (TPSA) is 41.3 Å². The number of likely N-dealkylation sites (tertiary alicyclic amines) is 1. The van der Waals surface area contributed by atoms with Crippen molar-refractivity contribution in [2.45, 2.75) is 52.1 Å². The summed E-state index contributed by atoms with van der Waals surface area (Å²) in [5.74, 6) is 0.512. The van der Waals surface area contributed by atoms with Crippen LogP contribution in [0.15, 0.2) is 12.3 Å². The van der Waals surface area contributed by atoms with Gasteiger partial charge in [-0.25, -0.2) is 0 Å². The molecule has 19 heavy (non-hydrogen) atoms. The van der Waals surface area contributed by atoms with Crippen molar-refractivity contribution in [3.8, 4) is 0 Å². The highest BCUT2D eigenvalue weighted by Crippen LogP contribution is 2.19. The van der Waals surface area contributed by atoms with Gasteiger partial charge in [0.15, 0.2) is 0 Å². The van der Waals surface area contributed by atoms with E-state index in [2.05, 4.69) is 35.7 Å². The third-order valence-electron chi connectivity index (χ3n) is 4.33. The SMILES string of the molecule is CCC(CC)n1ccc(CN2CCC(CO)CC2)n1. The van der Waals surface area contributed by atoms with Gasteiger partial charge < -0.3 is 5.11 Å². The number of aliphatic hydroxyl groups excluding tert-OH is 1. The van der Waals surface area contributed by atoms with Crippen LogP contribution in [0.25, 0.3) is 0 Å². The van der Waals surface area contributed by atoms with E-state index in [0.717, 1.165) is 45.3 Å². The van der Waals surface area contributed by atoms with E-state index in [1.54, 1.807) is 0 Å². The van der Waals surface area contributed by atoms with Gasteiger partial charge in [0.2, 0.25) is 0 Å². The molecule has 1 aromatic rings. The van der Waals surface area contributed by atoms with E-state index in [1.165, 1.54) is 5.69 Å². The number of rotatable bonds is 6. The second-order valence-electron chi connectivity index (χ2n) is 5.66. The maximum Gasteiger partial charge on any atom is 0.0764 e. The Morgan fingerprint density at radius 1 is 1.32 bits per heavy atom. The second kappa shape index (κ2) is 7.06. The molecule has 0 saturated carbocycles. The Kier molecular flexibility index (Phi) is 5.40. The van der Waals surface area contributed by atoms with Crippen LogP contribution in [-0.4, -0.2) is 39.5 Å². The monoisotopic (exact) mass is 265 g/mol. The van der Waals surface area contributed by atoms with E-state index >= 15 is 0 Å². The van der Waals surface area contributed by atoms with Crippen LogP contribution in [0.5, 0.6) is 0 Å². The number of aromatic nitrogens is 2. The fourth-order valence-electron chi connectivity index (χ4n) is 2.88. The van der Waals surface area contributed by atoms with Crippen molar-refractivity contribution in [2.24, 2.45) is 5.92 Å². The first kappa shape index (κ1) is 14.5. The molecule has 0 bridgehead atoms. The van der Waals surface area contributed by atoms with Gasteiger partial charge >= 0.3 is 0 Å². The fourth-order valence-corrected chi connectivity index (χ4v) is 2.88. The lowest BCUT2D eigenvalue weighted by Crippen LogP contribution is -2.34. The van der Waals surface area contributed by atoms with Crippen molar-refractivity contribution in [1.29, 1.82) is 0 Å². The van der Waals surface area contributed by atoms with E-state index in [4.69, 9.17) is 10.2 Å². The molecule has 1 N–H and O–H groups in total. The molecule has 0 aliphatic carbocycles. The van der Waals surface area contributed by atoms with Gasteiger partial charge in [-0.05, 0) is 50.8 Å². The quantitative estimate of drug-likeness (QED) is 0.859. The minimum Gasteiger partial charge on any atom is -0.396 e. The minimum atomic E-state index is 0.344. The zero-order valence-electron chi connectivity index (χ0n) is 12.3. The number of nitrogens with zero attached hydrogens (tertiary/aromatic N) is 3. The van der Waals surface area contributed by atoms with Crippen molar-refractivity contribution in [2.75, 3.05) is 19.7 Å². The summed E-state index contributed by atoms with van der Waals surface area (Å²) in [6, 6.07) is 2.69. The van der Waals surface area contributed by atoms with Gasteiger partial charge in [0.05, 0.1) is 11.7 Å². The first-order valence-electron chi connectivity index (χ1n) is 7.64. The lowest BCUT2D eigenvalue weighted by atomic mass is 9.98. The van der Waals surface area contributed by atoms with Crippen LogP contribution in [0.4, 0.5) is 0 Å². The number of aliphatic hydroxyl groups is 1. The average Bonchev–Trinajstić information content (AvgIpc) is 2.89. The van der Waals surface area contributed by atoms with Gasteiger partial charge in [-0.2, -0.15) is 5.10 Å². The molecule has 2 heterocycles. The molecule has 1 saturated heterocycles. The van der Waals surface area contributed by atoms with Gasteiger partial charge in [0, 0.05) is 19.3 Å². The maximum absolute atomic E-state index is 9.15. The van der Waals surface area contributed by atoms with Crippen molar-refractivity contribution in [1.82, 2.24) is 14.7 Å². The van der Waals surface area contributed by atoms with Crippen molar-refractivity contribution >= 4 is 0 Å². The summed E-state index contributed by atoms with van der Waals surface area (Å²) in [6.45, 7) is 7.90. The van der Waals surface area contributed by atoms with Crippen molar-refractivity contribution < 1.29 is 5.11 Å². The molecule has 1 aliphatic rings. The molecule has 4 heteroatoms. The van der Waals surface area contributed by atoms with Crippen LogP contribution in [0.3, 0.4) is 0 Å². The summed E-state index contributed by atoms with van der Waals surface area (Å²) in [7, 11) is 0. The third-order valence-corrected chi connectivity index (χ3v) is 4.33. The van der Waals surface area contributed by atoms with Gasteiger partial charge in [0.25, 0.3) is 0 Å². The van der Waals surface area contributed by atoms with Crippen LogP contribution >= 0.6 is 0 Å². The molecule has 1 aromatic heterocycles. The highest BCUT2D eigenvalue weighted by Gasteiger charge is 2.19. The number of hydrogen-bond acceptors (Lipinski definition) is 3. The molecule has 0 amide bonds. The van der Waals surface area contributed by atoms with Crippen LogP contribution in [0, 0.1) is 5.92 Å². The number of piperidine rings is 1. The Hall–Kier alpha value is -0.870. The number of hydrogen-bond donors (Lipinski definition) is 1. The molecular weight excluding hydrogens is 238 g/mol. The Labute approximate surface area is 116 Å². The molecule has 0 unspecified atom stereocenters.